The molecule has 434 valence electrons. The number of aliphatic hydroxyl groups is 1. The van der Waals surface area contributed by atoms with Gasteiger partial charge in [0.25, 0.3) is 0 Å². The van der Waals surface area contributed by atoms with E-state index >= 15 is 0 Å². The number of hydrogen-bond donors (Lipinski definition) is 14. The number of carbonyl (C=O) groups is 10. The number of para-hydroxylation sites is 2. The van der Waals surface area contributed by atoms with Crippen LogP contribution in [-0.2, 0) is 67.2 Å². The lowest BCUT2D eigenvalue weighted by molar-refractivity contribution is -0.141. The molecule has 0 spiro atoms. The van der Waals surface area contributed by atoms with E-state index in [-0.39, 0.29) is 55.4 Å². The van der Waals surface area contributed by atoms with E-state index in [1.807, 2.05) is 18.2 Å². The number of aliphatic carboxylic acids is 1. The molecule has 2 aromatic heterocycles. The number of aromatic nitrogens is 2. The number of nitrogens with zero attached hydrogens (tertiary/aromatic N) is 1. The lowest BCUT2D eigenvalue weighted by atomic mass is 10.0. The highest BCUT2D eigenvalue weighted by molar-refractivity contribution is 7.80. The first-order valence-electron chi connectivity index (χ1n) is 26.7. The third-order valence-corrected chi connectivity index (χ3v) is 14.9. The molecule has 0 aliphatic carbocycles. The molecule has 3 aromatic carbocycles. The lowest BCUT2D eigenvalue weighted by Gasteiger charge is -2.29. The zero-order chi connectivity index (χ0) is 58.8. The molecule has 1 unspecified atom stereocenters. The highest BCUT2D eigenvalue weighted by Crippen LogP contribution is 2.23. The van der Waals surface area contributed by atoms with E-state index in [4.69, 9.17) is 0 Å². The minimum atomic E-state index is -1.80. The van der Waals surface area contributed by atoms with E-state index in [0.29, 0.717) is 40.4 Å². The number of fused-ring (bicyclic) bond motifs is 2. The van der Waals surface area contributed by atoms with Crippen molar-refractivity contribution >= 4 is 106 Å². The second-order valence-electron chi connectivity index (χ2n) is 19.8. The van der Waals surface area contributed by atoms with Gasteiger partial charge >= 0.3 is 5.97 Å². The Morgan fingerprint density at radius 2 is 1.05 bits per heavy atom. The van der Waals surface area contributed by atoms with Crippen molar-refractivity contribution in [1.29, 1.82) is 0 Å². The summed E-state index contributed by atoms with van der Waals surface area (Å²) in [6.45, 7) is 2.15. The summed E-state index contributed by atoms with van der Waals surface area (Å²) in [4.78, 5) is 145. The Balaban J connectivity index is 1.22. The second kappa shape index (κ2) is 30.2. The summed E-state index contributed by atoms with van der Waals surface area (Å²) in [5.74, 6) is -7.87. The van der Waals surface area contributed by atoms with Gasteiger partial charge in [0.2, 0.25) is 47.3 Å². The molecule has 0 saturated carbocycles. The number of H-pyrrole nitrogens is 2. The average molecular weight is 1150 g/mol. The van der Waals surface area contributed by atoms with Crippen LogP contribution in [-0.4, -0.2) is 170 Å². The number of aromatic amines is 2. The van der Waals surface area contributed by atoms with Crippen molar-refractivity contribution in [1.82, 2.24) is 57.4 Å². The molecule has 0 radical (unpaired) electrons. The molecule has 1 aliphatic heterocycles. The highest BCUT2D eigenvalue weighted by Gasteiger charge is 2.39. The number of ketones is 1. The van der Waals surface area contributed by atoms with E-state index in [2.05, 4.69) is 77.8 Å². The van der Waals surface area contributed by atoms with Gasteiger partial charge in [-0.05, 0) is 68.5 Å². The van der Waals surface area contributed by atoms with Crippen LogP contribution in [0.5, 0.6) is 0 Å². The van der Waals surface area contributed by atoms with Crippen LogP contribution in [0.4, 0.5) is 0 Å². The number of carbonyl (C=O) groups excluding carboxylic acids is 9. The third-order valence-electron chi connectivity index (χ3n) is 14.2. The third kappa shape index (κ3) is 16.9. The number of likely N-dealkylation sites (tertiary alicyclic amines) is 1. The van der Waals surface area contributed by atoms with Gasteiger partial charge in [-0.15, -0.1) is 0 Å². The van der Waals surface area contributed by atoms with Crippen LogP contribution in [0.15, 0.2) is 91.3 Å². The molecule has 1 fully saturated rings. The van der Waals surface area contributed by atoms with Crippen LogP contribution in [0.3, 0.4) is 0 Å². The number of nitrogens with one attached hydrogen (secondary N) is 10. The van der Waals surface area contributed by atoms with Crippen LogP contribution in [0.2, 0.25) is 0 Å². The Labute approximate surface area is 478 Å². The molecule has 23 nitrogen and oxygen atoms in total. The number of thiol groups is 2. The fourth-order valence-electron chi connectivity index (χ4n) is 9.58. The average Bonchev–Trinajstić information content (AvgIpc) is 4.27. The normalized spacial score (nSPS) is 16.1. The zero-order valence-electron chi connectivity index (χ0n) is 45.2. The Hall–Kier alpha value is -7.74. The largest absolute Gasteiger partial charge is 0.481 e. The highest BCUT2D eigenvalue weighted by atomic mass is 32.1. The molecule has 6 rings (SSSR count). The van der Waals surface area contributed by atoms with E-state index in [1.54, 1.807) is 87.0 Å². The van der Waals surface area contributed by atoms with Crippen LogP contribution in [0.25, 0.3) is 21.8 Å². The van der Waals surface area contributed by atoms with Gasteiger partial charge in [-0.25, -0.2) is 0 Å². The van der Waals surface area contributed by atoms with Gasteiger partial charge in [0.15, 0.2) is 5.78 Å². The molecule has 8 amide bonds. The van der Waals surface area contributed by atoms with Crippen molar-refractivity contribution in [2.75, 3.05) is 31.7 Å². The van der Waals surface area contributed by atoms with Crippen molar-refractivity contribution in [3.05, 3.63) is 108 Å². The van der Waals surface area contributed by atoms with Gasteiger partial charge in [0.05, 0.1) is 18.7 Å². The van der Waals surface area contributed by atoms with E-state index in [9.17, 15) is 58.2 Å². The predicted molar refractivity (Wildman–Crippen MR) is 308 cm³/mol. The maximum absolute atomic E-state index is 14.5. The minimum absolute atomic E-state index is 0.00232. The SMILES string of the molecule is CC[C@H](NC(=O)[C@H](Cc1c[nH]c2ccccc12)NC(=O)[C@H](CO)NC(=O)[C@H](CCC(=O)O)NC(=O)[C@H](Cc1c[nH]c2ccccc12)NC(=O)[C@@H]1CCCN1C(=O)C(CS)NC)C(=O)N[C@@H](Cc1ccccc1)C(=O)N[C@@H](CS)C(C)=O. The lowest BCUT2D eigenvalue weighted by Crippen LogP contribution is -2.61. The first-order valence-corrected chi connectivity index (χ1v) is 27.9. The van der Waals surface area contributed by atoms with Crippen LogP contribution >= 0.6 is 25.3 Å². The number of likely N-dealkylation sites (N-methyl/N-ethyl adjacent to an activating group) is 1. The van der Waals surface area contributed by atoms with Crippen molar-refractivity contribution in [3.63, 3.8) is 0 Å². The van der Waals surface area contributed by atoms with Crippen LogP contribution in [0.1, 0.15) is 62.6 Å². The van der Waals surface area contributed by atoms with E-state index < -0.39 is 121 Å². The quantitative estimate of drug-likeness (QED) is 0.0277. The van der Waals surface area contributed by atoms with Gasteiger partial charge in [-0.3, -0.25) is 47.9 Å². The van der Waals surface area contributed by atoms with Crippen molar-refractivity contribution in [3.8, 4) is 0 Å². The summed E-state index contributed by atoms with van der Waals surface area (Å²) in [6.07, 6.45) is 2.69. The first-order chi connectivity index (χ1) is 38.9. The van der Waals surface area contributed by atoms with E-state index in [1.165, 1.54) is 11.8 Å². The Bertz CT molecular complexity index is 3040. The number of carboxylic acids is 1. The number of carboxylic acid groups (broad SMARTS) is 1. The molecule has 9 atom stereocenters. The molecule has 5 aromatic rings. The molecule has 1 aliphatic rings. The first kappa shape index (κ1) is 62.5. The minimum Gasteiger partial charge on any atom is -0.481 e. The van der Waals surface area contributed by atoms with Gasteiger partial charge < -0.3 is 67.6 Å². The van der Waals surface area contributed by atoms with Gasteiger partial charge in [-0.1, -0.05) is 73.7 Å². The van der Waals surface area contributed by atoms with Gasteiger partial charge in [-0.2, -0.15) is 25.3 Å². The summed E-state index contributed by atoms with van der Waals surface area (Å²) < 4.78 is 0. The maximum atomic E-state index is 14.5. The molecular weight excluding hydrogens is 1080 g/mol. The van der Waals surface area contributed by atoms with Crippen LogP contribution in [0, 0.1) is 0 Å². The predicted octanol–water partition coefficient (Wildman–Crippen LogP) is 0.365. The van der Waals surface area contributed by atoms with Crippen molar-refractivity contribution in [2.24, 2.45) is 0 Å². The number of amides is 8. The van der Waals surface area contributed by atoms with Gasteiger partial charge in [0, 0.05) is 77.9 Å². The van der Waals surface area contributed by atoms with Gasteiger partial charge in [0.1, 0.15) is 42.3 Å². The summed E-state index contributed by atoms with van der Waals surface area (Å²) in [7, 11) is 1.60. The number of hydrogen-bond acceptors (Lipinski definition) is 14. The molecule has 81 heavy (non-hydrogen) atoms. The Morgan fingerprint density at radius 1 is 0.593 bits per heavy atom. The fraction of sp³-hybridized carbons (Fsp3) is 0.429. The molecular formula is C56H71N11O12S2. The number of benzene rings is 3. The van der Waals surface area contributed by atoms with Crippen molar-refractivity contribution in [2.45, 2.75) is 120 Å². The summed E-state index contributed by atoms with van der Waals surface area (Å²) in [5, 5.41) is 43.0. The van der Waals surface area contributed by atoms with Crippen molar-refractivity contribution < 1.29 is 58.2 Å². The molecule has 12 N–H and O–H groups in total. The number of aliphatic hydroxyl groups excluding tert-OH is 1. The molecule has 25 heteroatoms. The summed E-state index contributed by atoms with van der Waals surface area (Å²) >= 11 is 8.46. The molecule has 0 bridgehead atoms. The molecule has 3 heterocycles. The van der Waals surface area contributed by atoms with E-state index in [0.717, 1.165) is 10.9 Å². The topological polar surface area (TPSA) is 342 Å². The summed E-state index contributed by atoms with van der Waals surface area (Å²) in [5.41, 5.74) is 3.30. The second-order valence-corrected chi connectivity index (χ2v) is 20.5. The van der Waals surface area contributed by atoms with Crippen LogP contribution < -0.4 is 42.5 Å². The zero-order valence-corrected chi connectivity index (χ0v) is 46.9. The standard InChI is InChI=1S/C56H71N11O12S2/c1-4-37(49(72)62-41(23-32-13-6-5-7-14-32)51(74)66-45(29-80)31(2)69)60-52(75)42(24-33-26-58-38-17-10-8-15-35(33)38)63-54(77)44(28-68)65-50(73)40(20-21-48(70)71)61-53(76)43(25-34-27-59-39-18-11-9-16-36(34)39)64-55(78)47-19-12-22-67(47)56(79)46(30-81)57-3/h5-11,13-18,26-27,37,40-47,57-59,68,80-81H,4,12,19-25,28-30H2,1-3H3,(H,60,75)(H,61,76)(H,62,72)(H,63,77)(H,64,78)(H,65,73)(H,66,74)(H,70,71)/t37-,40-,41-,42-,43-,44-,45-,46?,47-/m0/s1. The monoisotopic (exact) mass is 1150 g/mol. The fourth-order valence-corrected chi connectivity index (χ4v) is 10.3. The number of rotatable bonds is 30. The molecule has 1 saturated heterocycles. The smallest absolute Gasteiger partial charge is 0.303 e. The Kier molecular flexibility index (Phi) is 23.3. The maximum Gasteiger partial charge on any atom is 0.303 e. The Morgan fingerprint density at radius 3 is 1.57 bits per heavy atom. The number of Topliss-reactive ketones (excluding diaryl/α,β-unsaturated/α-hetero) is 1. The summed E-state index contributed by atoms with van der Waals surface area (Å²) in [6, 6.07) is 11.8.